The molecule has 2 rings (SSSR count). The average molecular weight is 333 g/mol. The number of ether oxygens (including phenoxy) is 1. The van der Waals surface area contributed by atoms with Gasteiger partial charge in [0.05, 0.1) is 7.11 Å². The van der Waals surface area contributed by atoms with Gasteiger partial charge in [-0.05, 0) is 42.8 Å². The molecule has 2 aromatic carbocycles. The minimum absolute atomic E-state index is 0.360. The number of hydrogen-bond donors (Lipinski definition) is 2. The molecule has 2 amide bonds. The Balaban J connectivity index is 2.35. The number of nitrogens with two attached hydrogens (primary N) is 1. The third-order valence-corrected chi connectivity index (χ3v) is 3.83. The van der Waals surface area contributed by atoms with Crippen LogP contribution in [0.25, 0.3) is 0 Å². The fraction of sp³-hybridized carbons (Fsp3) is 0.176. The number of amides is 2. The van der Waals surface area contributed by atoms with Crippen molar-refractivity contribution >= 4 is 23.4 Å². The lowest BCUT2D eigenvalue weighted by atomic mass is 9.90. The molecule has 0 saturated heterocycles. The number of rotatable bonds is 5. The smallest absolute Gasteiger partial charge is 0.252 e. The Kier molecular flexibility index (Phi) is 4.91. The number of carbonyl (C=O) groups excluding carboxylic acids is 2. The Morgan fingerprint density at radius 2 is 1.87 bits per heavy atom. The molecule has 6 heteroatoms. The molecule has 0 heterocycles. The Morgan fingerprint density at radius 3 is 2.48 bits per heavy atom. The standard InChI is InChI=1S/C17H17ClN2O3/c1-17(16(19)22,12-6-4-7-13(18)10-12)20-15(21)11-5-3-8-14(9-11)23-2/h3-10H,1-2H3,(H2,19,22)(H,20,21)/t17-/m0/s1. The Labute approximate surface area is 139 Å². The number of hydrogen-bond acceptors (Lipinski definition) is 3. The summed E-state index contributed by atoms with van der Waals surface area (Å²) in [5.41, 5.74) is 5.00. The van der Waals surface area contributed by atoms with Crippen LogP contribution in [0.1, 0.15) is 22.8 Å². The maximum Gasteiger partial charge on any atom is 0.252 e. The monoisotopic (exact) mass is 332 g/mol. The van der Waals surface area contributed by atoms with E-state index in [1.807, 2.05) is 0 Å². The van der Waals surface area contributed by atoms with Crippen LogP contribution >= 0.6 is 11.6 Å². The van der Waals surface area contributed by atoms with E-state index in [0.29, 0.717) is 21.9 Å². The first-order valence-electron chi connectivity index (χ1n) is 6.89. The van der Waals surface area contributed by atoms with Gasteiger partial charge in [-0.3, -0.25) is 9.59 Å². The number of nitrogens with one attached hydrogen (secondary N) is 1. The van der Waals surface area contributed by atoms with Crippen molar-refractivity contribution in [3.8, 4) is 5.75 Å². The summed E-state index contributed by atoms with van der Waals surface area (Å²) in [6, 6.07) is 13.3. The first kappa shape index (κ1) is 16.8. The summed E-state index contributed by atoms with van der Waals surface area (Å²) in [6.07, 6.45) is 0. The van der Waals surface area contributed by atoms with E-state index in [0.717, 1.165) is 0 Å². The van der Waals surface area contributed by atoms with Crippen molar-refractivity contribution in [1.82, 2.24) is 5.32 Å². The molecule has 3 N–H and O–H groups in total. The van der Waals surface area contributed by atoms with Crippen LogP contribution in [0, 0.1) is 0 Å². The van der Waals surface area contributed by atoms with Gasteiger partial charge >= 0.3 is 0 Å². The molecule has 23 heavy (non-hydrogen) atoms. The summed E-state index contributed by atoms with van der Waals surface area (Å²) in [7, 11) is 1.51. The van der Waals surface area contributed by atoms with Crippen LogP contribution < -0.4 is 15.8 Å². The number of methoxy groups -OCH3 is 1. The van der Waals surface area contributed by atoms with E-state index < -0.39 is 17.4 Å². The maximum absolute atomic E-state index is 12.5. The summed E-state index contributed by atoms with van der Waals surface area (Å²) < 4.78 is 5.09. The molecule has 120 valence electrons. The first-order chi connectivity index (χ1) is 10.9. The van der Waals surface area contributed by atoms with Crippen LogP contribution in [0.2, 0.25) is 5.02 Å². The highest BCUT2D eigenvalue weighted by atomic mass is 35.5. The second-order valence-corrected chi connectivity index (χ2v) is 5.62. The van der Waals surface area contributed by atoms with Crippen LogP contribution in [-0.4, -0.2) is 18.9 Å². The molecule has 0 aliphatic carbocycles. The lowest BCUT2D eigenvalue weighted by molar-refractivity contribution is -0.123. The predicted molar refractivity (Wildman–Crippen MR) is 88.5 cm³/mol. The molecule has 0 bridgehead atoms. The molecule has 0 unspecified atom stereocenters. The zero-order chi connectivity index (χ0) is 17.0. The third-order valence-electron chi connectivity index (χ3n) is 3.59. The van der Waals surface area contributed by atoms with Crippen molar-refractivity contribution in [3.05, 3.63) is 64.7 Å². The van der Waals surface area contributed by atoms with E-state index in [9.17, 15) is 9.59 Å². The third kappa shape index (κ3) is 3.63. The zero-order valence-corrected chi connectivity index (χ0v) is 13.6. The fourth-order valence-corrected chi connectivity index (χ4v) is 2.33. The SMILES string of the molecule is COc1cccc(C(=O)N[C@](C)(C(N)=O)c2cccc(Cl)c2)c1. The molecule has 2 aromatic rings. The van der Waals surface area contributed by atoms with Gasteiger partial charge < -0.3 is 15.8 Å². The van der Waals surface area contributed by atoms with E-state index in [1.54, 1.807) is 55.5 Å². The van der Waals surface area contributed by atoms with Gasteiger partial charge in [-0.25, -0.2) is 0 Å². The molecule has 0 radical (unpaired) electrons. The van der Waals surface area contributed by atoms with Crippen LogP contribution in [0.4, 0.5) is 0 Å². The molecule has 0 saturated carbocycles. The van der Waals surface area contributed by atoms with E-state index in [1.165, 1.54) is 7.11 Å². The Bertz CT molecular complexity index is 748. The second-order valence-electron chi connectivity index (χ2n) is 5.19. The van der Waals surface area contributed by atoms with Crippen LogP contribution in [0.15, 0.2) is 48.5 Å². The highest BCUT2D eigenvalue weighted by molar-refractivity contribution is 6.30. The lowest BCUT2D eigenvalue weighted by Gasteiger charge is -2.28. The van der Waals surface area contributed by atoms with Crippen LogP contribution in [-0.2, 0) is 10.3 Å². The highest BCUT2D eigenvalue weighted by Gasteiger charge is 2.35. The van der Waals surface area contributed by atoms with Gasteiger partial charge in [-0.2, -0.15) is 0 Å². The Hall–Kier alpha value is -2.53. The lowest BCUT2D eigenvalue weighted by Crippen LogP contribution is -2.52. The molecule has 5 nitrogen and oxygen atoms in total. The molecule has 0 spiro atoms. The topological polar surface area (TPSA) is 81.4 Å². The van der Waals surface area contributed by atoms with E-state index in [2.05, 4.69) is 5.32 Å². The van der Waals surface area contributed by atoms with E-state index in [4.69, 9.17) is 22.1 Å². The fourth-order valence-electron chi connectivity index (χ4n) is 2.14. The zero-order valence-electron chi connectivity index (χ0n) is 12.8. The summed E-state index contributed by atoms with van der Waals surface area (Å²) in [4.78, 5) is 24.4. The van der Waals surface area contributed by atoms with Crippen molar-refractivity contribution < 1.29 is 14.3 Å². The van der Waals surface area contributed by atoms with Gasteiger partial charge in [0.25, 0.3) is 5.91 Å². The second kappa shape index (κ2) is 6.71. The summed E-state index contributed by atoms with van der Waals surface area (Å²) in [5, 5.41) is 3.13. The Morgan fingerprint density at radius 1 is 1.17 bits per heavy atom. The van der Waals surface area contributed by atoms with Crippen molar-refractivity contribution in [3.63, 3.8) is 0 Å². The van der Waals surface area contributed by atoms with Gasteiger partial charge in [-0.1, -0.05) is 29.8 Å². The minimum Gasteiger partial charge on any atom is -0.497 e. The van der Waals surface area contributed by atoms with Crippen molar-refractivity contribution in [1.29, 1.82) is 0 Å². The molecule has 0 aliphatic rings. The summed E-state index contributed by atoms with van der Waals surface area (Å²) >= 11 is 5.97. The first-order valence-corrected chi connectivity index (χ1v) is 7.27. The molecule has 0 aliphatic heterocycles. The average Bonchev–Trinajstić information content (AvgIpc) is 2.54. The van der Waals surface area contributed by atoms with Crippen molar-refractivity contribution in [2.75, 3.05) is 7.11 Å². The number of halogens is 1. The number of carbonyl (C=O) groups is 2. The maximum atomic E-state index is 12.5. The number of primary amides is 1. The van der Waals surface area contributed by atoms with Gasteiger partial charge in [0.2, 0.25) is 5.91 Å². The largest absolute Gasteiger partial charge is 0.497 e. The van der Waals surface area contributed by atoms with Gasteiger partial charge in [0.15, 0.2) is 0 Å². The molecular formula is C17H17ClN2O3. The van der Waals surface area contributed by atoms with E-state index >= 15 is 0 Å². The summed E-state index contributed by atoms with van der Waals surface area (Å²) in [6.45, 7) is 1.54. The van der Waals surface area contributed by atoms with Gasteiger partial charge in [0, 0.05) is 10.6 Å². The normalized spacial score (nSPS) is 13.0. The van der Waals surface area contributed by atoms with Crippen LogP contribution in [0.3, 0.4) is 0 Å². The molecule has 0 aromatic heterocycles. The van der Waals surface area contributed by atoms with Crippen LogP contribution in [0.5, 0.6) is 5.75 Å². The van der Waals surface area contributed by atoms with Crippen molar-refractivity contribution in [2.45, 2.75) is 12.5 Å². The van der Waals surface area contributed by atoms with Crippen molar-refractivity contribution in [2.24, 2.45) is 5.73 Å². The van der Waals surface area contributed by atoms with Gasteiger partial charge in [0.1, 0.15) is 11.3 Å². The summed E-state index contributed by atoms with van der Waals surface area (Å²) in [5.74, 6) is -0.581. The molecule has 0 fully saturated rings. The highest BCUT2D eigenvalue weighted by Crippen LogP contribution is 2.24. The molecular weight excluding hydrogens is 316 g/mol. The minimum atomic E-state index is -1.38. The number of benzene rings is 2. The molecule has 1 atom stereocenters. The predicted octanol–water partition coefficient (Wildman–Crippen LogP) is 2.48. The van der Waals surface area contributed by atoms with Gasteiger partial charge in [-0.15, -0.1) is 0 Å². The van der Waals surface area contributed by atoms with E-state index in [-0.39, 0.29) is 0 Å². The quantitative estimate of drug-likeness (QED) is 0.882.